The second-order valence-corrected chi connectivity index (χ2v) is 17.3. The first-order chi connectivity index (χ1) is 31.7. The number of benzene rings is 9. The number of pyridine rings is 1. The van der Waals surface area contributed by atoms with Gasteiger partial charge in [-0.1, -0.05) is 200 Å². The van der Waals surface area contributed by atoms with Crippen LogP contribution in [0.1, 0.15) is 0 Å². The van der Waals surface area contributed by atoms with Gasteiger partial charge in [-0.05, 0) is 56.1 Å². The number of nitrogens with zero attached hydrogens (tertiary/aromatic N) is 5. The molecule has 0 spiro atoms. The Bertz CT molecular complexity index is 3810. The zero-order chi connectivity index (χ0) is 42.1. The Balaban J connectivity index is 0.968. The molecular formula is C58H35N5S. The zero-order valence-electron chi connectivity index (χ0n) is 34.4. The second kappa shape index (κ2) is 14.7. The van der Waals surface area contributed by atoms with Gasteiger partial charge in [0.05, 0.1) is 21.4 Å². The number of fused-ring (bicyclic) bond motifs is 11. The number of hydrogen-bond acceptors (Lipinski definition) is 5. The van der Waals surface area contributed by atoms with E-state index in [-0.39, 0.29) is 0 Å². The van der Waals surface area contributed by atoms with Gasteiger partial charge in [0.2, 0.25) is 0 Å². The van der Waals surface area contributed by atoms with Crippen LogP contribution in [0.15, 0.2) is 212 Å². The number of imidazole rings is 1. The average molecular weight is 834 g/mol. The summed E-state index contributed by atoms with van der Waals surface area (Å²) in [6.07, 6.45) is 0. The van der Waals surface area contributed by atoms with E-state index >= 15 is 0 Å². The molecule has 298 valence electrons. The van der Waals surface area contributed by atoms with Gasteiger partial charge in [0.1, 0.15) is 0 Å². The van der Waals surface area contributed by atoms with E-state index in [4.69, 9.17) is 19.9 Å². The van der Waals surface area contributed by atoms with E-state index in [1.165, 1.54) is 47.5 Å². The largest absolute Gasteiger partial charge is 0.291 e. The Labute approximate surface area is 372 Å². The van der Waals surface area contributed by atoms with Crippen LogP contribution in [0, 0.1) is 0 Å². The molecule has 13 rings (SSSR count). The molecule has 0 N–H and O–H groups in total. The van der Waals surface area contributed by atoms with Crippen LogP contribution in [0.3, 0.4) is 0 Å². The van der Waals surface area contributed by atoms with Crippen molar-refractivity contribution in [3.8, 4) is 67.7 Å². The van der Waals surface area contributed by atoms with Crippen molar-refractivity contribution in [1.82, 2.24) is 24.3 Å². The Kier molecular flexibility index (Phi) is 8.32. The van der Waals surface area contributed by atoms with Crippen molar-refractivity contribution < 1.29 is 0 Å². The van der Waals surface area contributed by atoms with Crippen molar-refractivity contribution in [2.24, 2.45) is 0 Å². The first-order valence-corrected chi connectivity index (χ1v) is 22.3. The summed E-state index contributed by atoms with van der Waals surface area (Å²) in [4.78, 5) is 20.8. The molecule has 0 fully saturated rings. The summed E-state index contributed by atoms with van der Waals surface area (Å²) in [5, 5.41) is 7.29. The van der Waals surface area contributed by atoms with Crippen LogP contribution in [0.5, 0.6) is 0 Å². The Morgan fingerprint density at radius 1 is 0.312 bits per heavy atom. The highest BCUT2D eigenvalue weighted by molar-refractivity contribution is 7.27. The van der Waals surface area contributed by atoms with Gasteiger partial charge in [-0.15, -0.1) is 11.3 Å². The third-order valence-corrected chi connectivity index (χ3v) is 13.7. The maximum atomic E-state index is 5.47. The minimum Gasteiger partial charge on any atom is -0.291 e. The zero-order valence-corrected chi connectivity index (χ0v) is 35.2. The molecule has 4 heterocycles. The maximum Gasteiger partial charge on any atom is 0.164 e. The molecule has 9 aromatic carbocycles. The topological polar surface area (TPSA) is 56.0 Å². The molecule has 13 aromatic rings. The number of thiophene rings is 1. The fourth-order valence-electron chi connectivity index (χ4n) is 9.21. The molecule has 0 unspecified atom stereocenters. The van der Waals surface area contributed by atoms with E-state index in [0.29, 0.717) is 17.5 Å². The normalized spacial score (nSPS) is 11.8. The maximum absolute atomic E-state index is 5.47. The fraction of sp³-hybridized carbons (Fsp3) is 0. The van der Waals surface area contributed by atoms with Crippen LogP contribution >= 0.6 is 11.3 Å². The summed E-state index contributed by atoms with van der Waals surface area (Å²) >= 11 is 1.84. The van der Waals surface area contributed by atoms with E-state index in [1.54, 1.807) is 0 Å². The molecule has 64 heavy (non-hydrogen) atoms. The van der Waals surface area contributed by atoms with E-state index < -0.39 is 0 Å². The van der Waals surface area contributed by atoms with Crippen LogP contribution in [-0.4, -0.2) is 24.3 Å². The lowest BCUT2D eigenvalue weighted by molar-refractivity contribution is 1.07. The van der Waals surface area contributed by atoms with E-state index in [0.717, 1.165) is 61.1 Å². The highest BCUT2D eigenvalue weighted by Gasteiger charge is 2.20. The Hall–Kier alpha value is -8.32. The highest BCUT2D eigenvalue weighted by atomic mass is 32.1. The summed E-state index contributed by atoms with van der Waals surface area (Å²) < 4.78 is 4.82. The smallest absolute Gasteiger partial charge is 0.164 e. The molecule has 0 aliphatic carbocycles. The van der Waals surface area contributed by atoms with Gasteiger partial charge >= 0.3 is 0 Å². The summed E-state index contributed by atoms with van der Waals surface area (Å²) in [6.45, 7) is 0. The molecule has 4 aromatic heterocycles. The first kappa shape index (κ1) is 36.3. The summed E-state index contributed by atoms with van der Waals surface area (Å²) in [6, 6.07) is 75.0. The molecule has 5 nitrogen and oxygen atoms in total. The summed E-state index contributed by atoms with van der Waals surface area (Å²) in [7, 11) is 0. The van der Waals surface area contributed by atoms with Gasteiger partial charge in [0, 0.05) is 37.5 Å². The van der Waals surface area contributed by atoms with E-state index in [2.05, 4.69) is 205 Å². The lowest BCUT2D eigenvalue weighted by Crippen LogP contribution is -2.00. The molecule has 0 radical (unpaired) electrons. The van der Waals surface area contributed by atoms with E-state index in [9.17, 15) is 0 Å². The Morgan fingerprint density at radius 2 is 0.766 bits per heavy atom. The standard InChI is InChI=1S/C58H35N5S/c1-3-11-36(12-4-1)38-19-25-43(26-20-38)55-60-56(44-27-21-39(22-28-44)37-13-5-2-6-14-37)62-57(61-55)45-29-23-42(24-30-45)51-35-49-48-33-31-41-16-8-10-18-47(41)53(48)64-54(49)58-59-52-46-17-9-7-15-40(46)32-34-50(52)63(51)58/h1-35H. The number of rotatable bonds is 6. The molecule has 0 atom stereocenters. The number of aromatic nitrogens is 5. The van der Waals surface area contributed by atoms with E-state index in [1.807, 2.05) is 23.5 Å². The van der Waals surface area contributed by atoms with Crippen molar-refractivity contribution in [3.05, 3.63) is 212 Å². The fourth-order valence-corrected chi connectivity index (χ4v) is 10.5. The predicted molar refractivity (Wildman–Crippen MR) is 267 cm³/mol. The quantitative estimate of drug-likeness (QED) is 0.167. The van der Waals surface area contributed by atoms with Gasteiger partial charge in [-0.25, -0.2) is 19.9 Å². The summed E-state index contributed by atoms with van der Waals surface area (Å²) in [5.41, 5.74) is 12.6. The minimum atomic E-state index is 0.613. The molecule has 0 amide bonds. The van der Waals surface area contributed by atoms with Crippen molar-refractivity contribution in [2.75, 3.05) is 0 Å². The van der Waals surface area contributed by atoms with Crippen LogP contribution in [-0.2, 0) is 0 Å². The molecule has 0 aliphatic rings. The van der Waals surface area contributed by atoms with Gasteiger partial charge in [0.25, 0.3) is 0 Å². The third kappa shape index (κ3) is 5.99. The van der Waals surface area contributed by atoms with Crippen LogP contribution in [0.2, 0.25) is 0 Å². The molecule has 0 saturated carbocycles. The molecule has 0 saturated heterocycles. The SMILES string of the molecule is c1ccc(-c2ccc(-c3nc(-c4ccc(-c5ccccc5)cc4)nc(-c4ccc(-c5cc6c7ccc8ccccc8c7sc6c6nc7c8ccccc8ccc7n56)cc4)n3)cc2)cc1. The number of hydrogen-bond donors (Lipinski definition) is 0. The van der Waals surface area contributed by atoms with Crippen LogP contribution in [0.4, 0.5) is 0 Å². The van der Waals surface area contributed by atoms with Crippen LogP contribution < -0.4 is 0 Å². The van der Waals surface area contributed by atoms with Crippen molar-refractivity contribution in [3.63, 3.8) is 0 Å². The lowest BCUT2D eigenvalue weighted by Gasteiger charge is -2.11. The third-order valence-electron chi connectivity index (χ3n) is 12.5. The molecule has 6 heteroatoms. The summed E-state index contributed by atoms with van der Waals surface area (Å²) in [5.74, 6) is 1.86. The minimum absolute atomic E-state index is 0.613. The monoisotopic (exact) mass is 833 g/mol. The van der Waals surface area contributed by atoms with Crippen molar-refractivity contribution >= 4 is 69.7 Å². The average Bonchev–Trinajstić information content (AvgIpc) is 3.97. The lowest BCUT2D eigenvalue weighted by atomic mass is 10.0. The van der Waals surface area contributed by atoms with Crippen LogP contribution in [0.25, 0.3) is 126 Å². The molecule has 0 aliphatic heterocycles. The van der Waals surface area contributed by atoms with Gasteiger partial charge in [0.15, 0.2) is 23.1 Å². The first-order valence-electron chi connectivity index (χ1n) is 21.5. The highest BCUT2D eigenvalue weighted by Crippen LogP contribution is 2.44. The van der Waals surface area contributed by atoms with Gasteiger partial charge in [-0.2, -0.15) is 0 Å². The Morgan fingerprint density at radius 3 is 1.34 bits per heavy atom. The second-order valence-electron chi connectivity index (χ2n) is 16.2. The van der Waals surface area contributed by atoms with Gasteiger partial charge in [-0.3, -0.25) is 4.40 Å². The molecular weight excluding hydrogens is 799 g/mol. The molecule has 0 bridgehead atoms. The van der Waals surface area contributed by atoms with Crippen molar-refractivity contribution in [2.45, 2.75) is 0 Å². The van der Waals surface area contributed by atoms with Crippen molar-refractivity contribution in [1.29, 1.82) is 0 Å². The predicted octanol–water partition coefficient (Wildman–Crippen LogP) is 15.3. The van der Waals surface area contributed by atoms with Gasteiger partial charge < -0.3 is 0 Å².